The molecule has 0 bridgehead atoms. The molecule has 2 aromatic rings. The number of rotatable bonds is 5. The highest BCUT2D eigenvalue weighted by atomic mass is 19.1. The topological polar surface area (TPSA) is 39.2 Å². The van der Waals surface area contributed by atoms with E-state index in [2.05, 4.69) is 4.98 Å². The minimum Gasteiger partial charge on any atom is -0.494 e. The molecule has 0 saturated heterocycles. The van der Waals surface area contributed by atoms with Gasteiger partial charge in [0.15, 0.2) is 11.6 Å². The summed E-state index contributed by atoms with van der Waals surface area (Å²) in [6.07, 6.45) is 3.83. The number of pyridine rings is 1. The van der Waals surface area contributed by atoms with Crippen LogP contribution in [0.1, 0.15) is 11.1 Å². The molecule has 0 fully saturated rings. The van der Waals surface area contributed by atoms with Gasteiger partial charge < -0.3 is 4.74 Å². The average molecular weight is 259 g/mol. The lowest BCUT2D eigenvalue weighted by Crippen LogP contribution is -2.07. The van der Waals surface area contributed by atoms with Gasteiger partial charge in [-0.2, -0.15) is 0 Å². The van der Waals surface area contributed by atoms with Crippen LogP contribution >= 0.6 is 0 Å². The molecule has 1 aromatic heterocycles. The molecule has 0 atom stereocenters. The molecule has 0 N–H and O–H groups in total. The summed E-state index contributed by atoms with van der Waals surface area (Å²) in [6.45, 7) is 0. The maximum atomic E-state index is 13.5. The van der Waals surface area contributed by atoms with Crippen molar-refractivity contribution in [2.45, 2.75) is 12.8 Å². The highest BCUT2D eigenvalue weighted by Crippen LogP contribution is 2.18. The zero-order valence-electron chi connectivity index (χ0n) is 10.6. The number of halogens is 1. The van der Waals surface area contributed by atoms with Gasteiger partial charge in [0.2, 0.25) is 0 Å². The van der Waals surface area contributed by atoms with Crippen LogP contribution in [0.25, 0.3) is 0 Å². The predicted molar refractivity (Wildman–Crippen MR) is 69.6 cm³/mol. The van der Waals surface area contributed by atoms with Crippen LogP contribution in [0.3, 0.4) is 0 Å². The lowest BCUT2D eigenvalue weighted by molar-refractivity contribution is -0.117. The van der Waals surface area contributed by atoms with Crippen molar-refractivity contribution in [1.29, 1.82) is 0 Å². The molecule has 2 rings (SSSR count). The largest absolute Gasteiger partial charge is 0.494 e. The molecule has 4 heteroatoms. The molecular formula is C15H14FNO2. The van der Waals surface area contributed by atoms with E-state index in [1.165, 1.54) is 19.2 Å². The Hall–Kier alpha value is -2.23. The zero-order valence-corrected chi connectivity index (χ0v) is 10.6. The highest BCUT2D eigenvalue weighted by molar-refractivity contribution is 5.83. The van der Waals surface area contributed by atoms with E-state index in [1.807, 2.05) is 6.07 Å². The normalized spacial score (nSPS) is 10.2. The van der Waals surface area contributed by atoms with E-state index in [9.17, 15) is 9.18 Å². The van der Waals surface area contributed by atoms with E-state index in [0.717, 1.165) is 5.56 Å². The maximum absolute atomic E-state index is 13.5. The third kappa shape index (κ3) is 3.61. The van der Waals surface area contributed by atoms with Crippen LogP contribution in [-0.4, -0.2) is 17.9 Å². The minimum atomic E-state index is -0.450. The summed E-state index contributed by atoms with van der Waals surface area (Å²) >= 11 is 0. The Morgan fingerprint density at radius 1 is 1.26 bits per heavy atom. The SMILES string of the molecule is COc1ccc(CC(=O)Cc2cccnc2)cc1F. The van der Waals surface area contributed by atoms with Gasteiger partial charge in [-0.3, -0.25) is 9.78 Å². The van der Waals surface area contributed by atoms with Crippen LogP contribution in [0, 0.1) is 5.82 Å². The summed E-state index contributed by atoms with van der Waals surface area (Å²) in [5.74, 6) is -0.241. The van der Waals surface area contributed by atoms with Crippen LogP contribution in [0.2, 0.25) is 0 Å². The Balaban J connectivity index is 2.01. The predicted octanol–water partition coefficient (Wildman–Crippen LogP) is 2.58. The summed E-state index contributed by atoms with van der Waals surface area (Å²) in [7, 11) is 1.41. The second-order valence-corrected chi connectivity index (χ2v) is 4.22. The van der Waals surface area contributed by atoms with Crippen LogP contribution in [0.15, 0.2) is 42.7 Å². The van der Waals surface area contributed by atoms with Crippen molar-refractivity contribution in [3.8, 4) is 5.75 Å². The van der Waals surface area contributed by atoms with Gasteiger partial charge in [0.1, 0.15) is 5.78 Å². The molecule has 98 valence electrons. The minimum absolute atomic E-state index is 0.0255. The summed E-state index contributed by atoms with van der Waals surface area (Å²) < 4.78 is 18.3. The van der Waals surface area contributed by atoms with Crippen LogP contribution < -0.4 is 4.74 Å². The fraction of sp³-hybridized carbons (Fsp3) is 0.200. The Bertz CT molecular complexity index is 570. The number of carbonyl (C=O) groups is 1. The first-order valence-corrected chi connectivity index (χ1v) is 5.92. The van der Waals surface area contributed by atoms with Crippen molar-refractivity contribution < 1.29 is 13.9 Å². The van der Waals surface area contributed by atoms with Gasteiger partial charge in [-0.25, -0.2) is 4.39 Å². The number of Topliss-reactive ketones (excluding diaryl/α,β-unsaturated/α-hetero) is 1. The highest BCUT2D eigenvalue weighted by Gasteiger charge is 2.08. The Labute approximate surface area is 111 Å². The standard InChI is InChI=1S/C15H14FNO2/c1-19-15-5-4-11(9-14(15)16)7-13(18)8-12-3-2-6-17-10-12/h2-6,9-10H,7-8H2,1H3. The van der Waals surface area contributed by atoms with Crippen molar-refractivity contribution in [1.82, 2.24) is 4.98 Å². The van der Waals surface area contributed by atoms with Gasteiger partial charge in [0.25, 0.3) is 0 Å². The molecular weight excluding hydrogens is 245 g/mol. The van der Waals surface area contributed by atoms with Crippen LogP contribution in [0.5, 0.6) is 5.75 Å². The van der Waals surface area contributed by atoms with E-state index in [0.29, 0.717) is 12.0 Å². The number of hydrogen-bond acceptors (Lipinski definition) is 3. The smallest absolute Gasteiger partial charge is 0.165 e. The summed E-state index contributed by atoms with van der Waals surface area (Å²) in [4.78, 5) is 15.8. The first-order chi connectivity index (χ1) is 9.19. The quantitative estimate of drug-likeness (QED) is 0.828. The molecule has 0 radical (unpaired) electrons. The van der Waals surface area contributed by atoms with Gasteiger partial charge >= 0.3 is 0 Å². The van der Waals surface area contributed by atoms with Gasteiger partial charge in [0.05, 0.1) is 7.11 Å². The number of benzene rings is 1. The molecule has 3 nitrogen and oxygen atoms in total. The maximum Gasteiger partial charge on any atom is 0.165 e. The van der Waals surface area contributed by atoms with Crippen LogP contribution in [-0.2, 0) is 17.6 Å². The number of ketones is 1. The Morgan fingerprint density at radius 2 is 2.05 bits per heavy atom. The van der Waals surface area contributed by atoms with Crippen molar-refractivity contribution in [2.75, 3.05) is 7.11 Å². The Morgan fingerprint density at radius 3 is 2.68 bits per heavy atom. The lowest BCUT2D eigenvalue weighted by Gasteiger charge is -2.05. The molecule has 1 heterocycles. The number of methoxy groups -OCH3 is 1. The van der Waals surface area contributed by atoms with Crippen molar-refractivity contribution in [3.05, 3.63) is 59.7 Å². The van der Waals surface area contributed by atoms with Gasteiger partial charge in [0, 0.05) is 25.2 Å². The summed E-state index contributed by atoms with van der Waals surface area (Å²) in [5, 5.41) is 0. The van der Waals surface area contributed by atoms with E-state index < -0.39 is 5.82 Å². The first kappa shape index (κ1) is 13.2. The van der Waals surface area contributed by atoms with E-state index in [1.54, 1.807) is 24.5 Å². The molecule has 0 amide bonds. The fourth-order valence-corrected chi connectivity index (χ4v) is 1.84. The first-order valence-electron chi connectivity index (χ1n) is 5.92. The van der Waals surface area contributed by atoms with Gasteiger partial charge in [-0.05, 0) is 29.3 Å². The lowest BCUT2D eigenvalue weighted by atomic mass is 10.0. The molecule has 0 unspecified atom stereocenters. The van der Waals surface area contributed by atoms with E-state index >= 15 is 0 Å². The van der Waals surface area contributed by atoms with Gasteiger partial charge in [-0.1, -0.05) is 12.1 Å². The molecule has 19 heavy (non-hydrogen) atoms. The molecule has 0 saturated carbocycles. The zero-order chi connectivity index (χ0) is 13.7. The average Bonchev–Trinajstić information content (AvgIpc) is 2.40. The second-order valence-electron chi connectivity index (χ2n) is 4.22. The third-order valence-corrected chi connectivity index (χ3v) is 2.74. The number of nitrogens with zero attached hydrogens (tertiary/aromatic N) is 1. The third-order valence-electron chi connectivity index (χ3n) is 2.74. The summed E-state index contributed by atoms with van der Waals surface area (Å²) in [5.41, 5.74) is 1.51. The van der Waals surface area contributed by atoms with Crippen molar-refractivity contribution in [2.24, 2.45) is 0 Å². The number of aromatic nitrogens is 1. The van der Waals surface area contributed by atoms with Crippen molar-refractivity contribution in [3.63, 3.8) is 0 Å². The Kier molecular flexibility index (Phi) is 4.23. The van der Waals surface area contributed by atoms with Gasteiger partial charge in [-0.15, -0.1) is 0 Å². The molecule has 0 aliphatic rings. The molecule has 0 aliphatic carbocycles. The van der Waals surface area contributed by atoms with Crippen molar-refractivity contribution >= 4 is 5.78 Å². The monoisotopic (exact) mass is 259 g/mol. The second kappa shape index (κ2) is 6.09. The molecule has 0 spiro atoms. The molecule has 0 aliphatic heterocycles. The molecule has 1 aromatic carbocycles. The number of carbonyl (C=O) groups excluding carboxylic acids is 1. The van der Waals surface area contributed by atoms with E-state index in [-0.39, 0.29) is 18.0 Å². The van der Waals surface area contributed by atoms with Crippen LogP contribution in [0.4, 0.5) is 4.39 Å². The number of ether oxygens (including phenoxy) is 1. The summed E-state index contributed by atoms with van der Waals surface area (Å²) in [6, 6.07) is 8.19. The van der Waals surface area contributed by atoms with E-state index in [4.69, 9.17) is 4.74 Å². The number of hydrogen-bond donors (Lipinski definition) is 0. The fourth-order valence-electron chi connectivity index (χ4n) is 1.84.